The van der Waals surface area contributed by atoms with E-state index < -0.39 is 11.8 Å². The van der Waals surface area contributed by atoms with E-state index in [1.165, 1.54) is 6.21 Å². The maximum atomic E-state index is 12.2. The zero-order valence-corrected chi connectivity index (χ0v) is 17.2. The van der Waals surface area contributed by atoms with Crippen LogP contribution < -0.4 is 15.5 Å². The highest BCUT2D eigenvalue weighted by Gasteiger charge is 2.14. The van der Waals surface area contributed by atoms with Crippen LogP contribution in [0.1, 0.15) is 11.1 Å². The lowest BCUT2D eigenvalue weighted by molar-refractivity contribution is -0.136. The fourth-order valence-electron chi connectivity index (χ4n) is 3.12. The number of benzene rings is 4. The van der Waals surface area contributed by atoms with Crippen molar-refractivity contribution >= 4 is 34.5 Å². The highest BCUT2D eigenvalue weighted by Crippen LogP contribution is 2.22. The molecular formula is C26H21N3O3. The fraction of sp³-hybridized carbons (Fsp3) is 0.0385. The SMILES string of the molecule is O=C(N/N=C/c1ccc(OCc2ccccc2)cc1)C(=O)Nc1cccc2ccccc12. The van der Waals surface area contributed by atoms with E-state index in [1.54, 1.807) is 6.07 Å². The van der Waals surface area contributed by atoms with Gasteiger partial charge in [-0.25, -0.2) is 5.43 Å². The third-order valence-corrected chi connectivity index (χ3v) is 4.75. The molecule has 158 valence electrons. The minimum atomic E-state index is -0.850. The van der Waals surface area contributed by atoms with E-state index >= 15 is 0 Å². The van der Waals surface area contributed by atoms with E-state index in [0.717, 1.165) is 27.6 Å². The number of amides is 2. The summed E-state index contributed by atoms with van der Waals surface area (Å²) in [6.07, 6.45) is 1.46. The average molecular weight is 423 g/mol. The number of fused-ring (bicyclic) bond motifs is 1. The molecule has 0 aliphatic rings. The third kappa shape index (κ3) is 5.37. The molecule has 0 aliphatic carbocycles. The summed E-state index contributed by atoms with van der Waals surface area (Å²) in [6.45, 7) is 0.482. The molecule has 6 heteroatoms. The van der Waals surface area contributed by atoms with Gasteiger partial charge in [0.1, 0.15) is 12.4 Å². The molecule has 0 spiro atoms. The second kappa shape index (κ2) is 10.0. The fourth-order valence-corrected chi connectivity index (χ4v) is 3.12. The highest BCUT2D eigenvalue weighted by atomic mass is 16.5. The topological polar surface area (TPSA) is 79.8 Å². The summed E-state index contributed by atoms with van der Waals surface area (Å²) in [6, 6.07) is 30.3. The summed E-state index contributed by atoms with van der Waals surface area (Å²) in [5.41, 5.74) is 4.66. The lowest BCUT2D eigenvalue weighted by atomic mass is 10.1. The van der Waals surface area contributed by atoms with Crippen LogP contribution in [0.25, 0.3) is 10.8 Å². The van der Waals surface area contributed by atoms with Gasteiger partial charge in [-0.2, -0.15) is 5.10 Å². The lowest BCUT2D eigenvalue weighted by Gasteiger charge is -2.07. The van der Waals surface area contributed by atoms with Gasteiger partial charge in [0.2, 0.25) is 0 Å². The molecule has 0 heterocycles. The first kappa shape index (κ1) is 20.8. The Morgan fingerprint density at radius 1 is 0.781 bits per heavy atom. The van der Waals surface area contributed by atoms with E-state index in [4.69, 9.17) is 4.74 Å². The Morgan fingerprint density at radius 3 is 2.31 bits per heavy atom. The standard InChI is InChI=1S/C26H21N3O3/c30-25(28-24-12-6-10-21-9-4-5-11-23(21)24)26(31)29-27-17-19-13-15-22(16-14-19)32-18-20-7-2-1-3-8-20/h1-17H,18H2,(H,28,30)(H,29,31)/b27-17+. The van der Waals surface area contributed by atoms with Crippen LogP contribution in [0.4, 0.5) is 5.69 Å². The highest BCUT2D eigenvalue weighted by molar-refractivity contribution is 6.40. The van der Waals surface area contributed by atoms with Gasteiger partial charge in [0.05, 0.1) is 6.21 Å². The van der Waals surface area contributed by atoms with Gasteiger partial charge >= 0.3 is 11.8 Å². The largest absolute Gasteiger partial charge is 0.489 e. The predicted octanol–water partition coefficient (Wildman–Crippen LogP) is 4.51. The van der Waals surface area contributed by atoms with Crippen LogP contribution in [0.5, 0.6) is 5.75 Å². The number of hydrogen-bond donors (Lipinski definition) is 2. The molecule has 4 aromatic carbocycles. The Morgan fingerprint density at radius 2 is 1.50 bits per heavy atom. The van der Waals surface area contributed by atoms with E-state index in [9.17, 15) is 9.59 Å². The van der Waals surface area contributed by atoms with Crippen molar-refractivity contribution in [2.24, 2.45) is 5.10 Å². The molecule has 0 aliphatic heterocycles. The quantitative estimate of drug-likeness (QED) is 0.272. The maximum absolute atomic E-state index is 12.2. The number of anilines is 1. The average Bonchev–Trinajstić information content (AvgIpc) is 2.84. The molecule has 0 atom stereocenters. The first-order valence-corrected chi connectivity index (χ1v) is 10.1. The van der Waals surface area contributed by atoms with Crippen LogP contribution >= 0.6 is 0 Å². The second-order valence-electron chi connectivity index (χ2n) is 7.02. The minimum Gasteiger partial charge on any atom is -0.489 e. The third-order valence-electron chi connectivity index (χ3n) is 4.75. The maximum Gasteiger partial charge on any atom is 0.329 e. The zero-order chi connectivity index (χ0) is 22.2. The van der Waals surface area contributed by atoms with Gasteiger partial charge in [0.25, 0.3) is 0 Å². The Bertz CT molecular complexity index is 1250. The molecule has 0 fully saturated rings. The van der Waals surface area contributed by atoms with Crippen LogP contribution in [0.2, 0.25) is 0 Å². The molecule has 6 nitrogen and oxygen atoms in total. The van der Waals surface area contributed by atoms with Gasteiger partial charge in [0, 0.05) is 11.1 Å². The molecule has 0 aromatic heterocycles. The second-order valence-corrected chi connectivity index (χ2v) is 7.02. The van der Waals surface area contributed by atoms with Gasteiger partial charge in [0.15, 0.2) is 0 Å². The van der Waals surface area contributed by atoms with E-state index in [0.29, 0.717) is 12.3 Å². The molecule has 0 saturated carbocycles. The van der Waals surface area contributed by atoms with Gasteiger partial charge < -0.3 is 10.1 Å². The molecule has 2 amide bonds. The molecule has 4 aromatic rings. The van der Waals surface area contributed by atoms with E-state index in [2.05, 4.69) is 15.8 Å². The number of hydrogen-bond acceptors (Lipinski definition) is 4. The normalized spacial score (nSPS) is 10.8. The molecule has 0 saturated heterocycles. The minimum absolute atomic E-state index is 0.482. The molecule has 32 heavy (non-hydrogen) atoms. The first-order chi connectivity index (χ1) is 15.7. The van der Waals surface area contributed by atoms with Crippen molar-refractivity contribution in [1.82, 2.24) is 5.43 Å². The summed E-state index contributed by atoms with van der Waals surface area (Å²) < 4.78 is 5.74. The van der Waals surface area contributed by atoms with Crippen molar-refractivity contribution in [2.45, 2.75) is 6.61 Å². The molecule has 4 rings (SSSR count). The van der Waals surface area contributed by atoms with Gasteiger partial charge in [-0.3, -0.25) is 9.59 Å². The number of rotatable bonds is 6. The molecule has 0 unspecified atom stereocenters. The summed E-state index contributed by atoms with van der Waals surface area (Å²) in [5, 5.41) is 8.32. The van der Waals surface area contributed by atoms with Crippen LogP contribution in [0, 0.1) is 0 Å². The molecular weight excluding hydrogens is 402 g/mol. The van der Waals surface area contributed by atoms with Gasteiger partial charge in [-0.05, 0) is 46.8 Å². The Kier molecular flexibility index (Phi) is 6.53. The van der Waals surface area contributed by atoms with Gasteiger partial charge in [-0.1, -0.05) is 66.7 Å². The van der Waals surface area contributed by atoms with Crippen molar-refractivity contribution in [3.63, 3.8) is 0 Å². The van der Waals surface area contributed by atoms with Crippen molar-refractivity contribution in [3.05, 3.63) is 108 Å². The summed E-state index contributed by atoms with van der Waals surface area (Å²) >= 11 is 0. The van der Waals surface area contributed by atoms with Crippen LogP contribution in [0.15, 0.2) is 102 Å². The summed E-state index contributed by atoms with van der Waals surface area (Å²) in [4.78, 5) is 24.3. The smallest absolute Gasteiger partial charge is 0.329 e. The van der Waals surface area contributed by atoms with Crippen LogP contribution in [0.3, 0.4) is 0 Å². The molecule has 2 N–H and O–H groups in total. The predicted molar refractivity (Wildman–Crippen MR) is 126 cm³/mol. The lowest BCUT2D eigenvalue weighted by Crippen LogP contribution is -2.32. The van der Waals surface area contributed by atoms with Crippen molar-refractivity contribution in [1.29, 1.82) is 0 Å². The molecule has 0 bridgehead atoms. The Balaban J connectivity index is 1.29. The number of carbonyl (C=O) groups excluding carboxylic acids is 2. The van der Waals surface area contributed by atoms with Crippen LogP contribution in [-0.4, -0.2) is 18.0 Å². The number of hydrazone groups is 1. The van der Waals surface area contributed by atoms with Crippen LogP contribution in [-0.2, 0) is 16.2 Å². The van der Waals surface area contributed by atoms with Gasteiger partial charge in [-0.15, -0.1) is 0 Å². The van der Waals surface area contributed by atoms with E-state index in [-0.39, 0.29) is 0 Å². The van der Waals surface area contributed by atoms with Crippen molar-refractivity contribution in [2.75, 3.05) is 5.32 Å². The first-order valence-electron chi connectivity index (χ1n) is 10.1. The zero-order valence-electron chi connectivity index (χ0n) is 17.2. The number of nitrogens with one attached hydrogen (secondary N) is 2. The van der Waals surface area contributed by atoms with Crippen molar-refractivity contribution in [3.8, 4) is 5.75 Å². The number of ether oxygens (including phenoxy) is 1. The summed E-state index contributed by atoms with van der Waals surface area (Å²) in [5.74, 6) is -0.912. The van der Waals surface area contributed by atoms with Crippen molar-refractivity contribution < 1.29 is 14.3 Å². The number of nitrogens with zero attached hydrogens (tertiary/aromatic N) is 1. The molecule has 0 radical (unpaired) electrons. The summed E-state index contributed by atoms with van der Waals surface area (Å²) in [7, 11) is 0. The monoisotopic (exact) mass is 423 g/mol. The Hall–Kier alpha value is -4.45. The Labute approximate surface area is 185 Å². The number of carbonyl (C=O) groups is 2. The van der Waals surface area contributed by atoms with E-state index in [1.807, 2.05) is 91.0 Å².